The number of hydrogen-bond acceptors (Lipinski definition) is 2. The van der Waals surface area contributed by atoms with Crippen LogP contribution in [0.25, 0.3) is 0 Å². The molecule has 128 valence electrons. The van der Waals surface area contributed by atoms with E-state index < -0.39 is 0 Å². The lowest BCUT2D eigenvalue weighted by Gasteiger charge is -2.11. The summed E-state index contributed by atoms with van der Waals surface area (Å²) in [4.78, 5) is 0. The van der Waals surface area contributed by atoms with Gasteiger partial charge in [0.05, 0.1) is 0 Å². The molecule has 1 N–H and O–H groups in total. The molecule has 0 unspecified atom stereocenters. The van der Waals surface area contributed by atoms with E-state index in [1.54, 1.807) is 0 Å². The average Bonchev–Trinajstić information content (AvgIpc) is 2.66. The van der Waals surface area contributed by atoms with Crippen LogP contribution in [0.4, 0.5) is 5.69 Å². The van der Waals surface area contributed by atoms with Crippen molar-refractivity contribution in [2.75, 3.05) is 5.32 Å². The molecule has 0 saturated heterocycles. The van der Waals surface area contributed by atoms with Crippen LogP contribution in [0, 0.1) is 0 Å². The maximum absolute atomic E-state index is 5.89. The zero-order chi connectivity index (χ0) is 17.5. The highest BCUT2D eigenvalue weighted by molar-refractivity contribution is 5.48. The first-order valence-corrected chi connectivity index (χ1v) is 8.80. The van der Waals surface area contributed by atoms with Gasteiger partial charge in [-0.1, -0.05) is 74.5 Å². The Hall–Kier alpha value is -2.74. The van der Waals surface area contributed by atoms with Gasteiger partial charge in [-0.3, -0.25) is 0 Å². The largest absolute Gasteiger partial charge is 0.489 e. The summed E-state index contributed by atoms with van der Waals surface area (Å²) in [5.74, 6) is 1.45. The van der Waals surface area contributed by atoms with Crippen LogP contribution in [0.2, 0.25) is 0 Å². The van der Waals surface area contributed by atoms with Crippen molar-refractivity contribution in [3.63, 3.8) is 0 Å². The lowest BCUT2D eigenvalue weighted by Crippen LogP contribution is -2.01. The van der Waals surface area contributed by atoms with E-state index in [2.05, 4.69) is 61.6 Å². The molecule has 0 aliphatic heterocycles. The van der Waals surface area contributed by atoms with Crippen molar-refractivity contribution >= 4 is 5.69 Å². The number of hydrogen-bond donors (Lipinski definition) is 1. The monoisotopic (exact) mass is 331 g/mol. The summed E-state index contributed by atoms with van der Waals surface area (Å²) in [6, 6.07) is 27.1. The Labute approximate surface area is 150 Å². The van der Waals surface area contributed by atoms with Crippen molar-refractivity contribution in [2.24, 2.45) is 0 Å². The molecule has 0 amide bonds. The van der Waals surface area contributed by atoms with Crippen molar-refractivity contribution in [1.29, 1.82) is 0 Å². The Morgan fingerprint density at radius 2 is 1.56 bits per heavy atom. The van der Waals surface area contributed by atoms with Gasteiger partial charge < -0.3 is 10.1 Å². The zero-order valence-corrected chi connectivity index (χ0v) is 14.9. The molecular weight excluding hydrogens is 306 g/mol. The molecule has 0 saturated carbocycles. The van der Waals surface area contributed by atoms with Crippen LogP contribution in [0.1, 0.15) is 36.5 Å². The number of anilines is 1. The second-order valence-electron chi connectivity index (χ2n) is 6.55. The van der Waals surface area contributed by atoms with Crippen LogP contribution in [0.5, 0.6) is 5.75 Å². The SMILES string of the molecule is CC(C)c1ccc(CNc2cccc(OCc3ccccc3)c2)cc1. The number of nitrogens with one attached hydrogen (secondary N) is 1. The van der Waals surface area contributed by atoms with Crippen LogP contribution in [-0.2, 0) is 13.2 Å². The Morgan fingerprint density at radius 3 is 2.28 bits per heavy atom. The summed E-state index contributed by atoms with van der Waals surface area (Å²) < 4.78 is 5.89. The third kappa shape index (κ3) is 5.12. The lowest BCUT2D eigenvalue weighted by molar-refractivity contribution is 0.306. The van der Waals surface area contributed by atoms with E-state index in [0.717, 1.165) is 18.0 Å². The Balaban J connectivity index is 1.56. The van der Waals surface area contributed by atoms with Gasteiger partial charge in [-0.25, -0.2) is 0 Å². The molecule has 3 rings (SSSR count). The second-order valence-corrected chi connectivity index (χ2v) is 6.55. The third-order valence-corrected chi connectivity index (χ3v) is 4.23. The van der Waals surface area contributed by atoms with E-state index in [-0.39, 0.29) is 0 Å². The van der Waals surface area contributed by atoms with Gasteiger partial charge in [0.1, 0.15) is 12.4 Å². The molecule has 3 aromatic carbocycles. The normalized spacial score (nSPS) is 10.7. The highest BCUT2D eigenvalue weighted by Crippen LogP contribution is 2.20. The Bertz CT molecular complexity index is 779. The molecule has 0 fully saturated rings. The predicted octanol–water partition coefficient (Wildman–Crippen LogP) is 6.00. The Morgan fingerprint density at radius 1 is 0.800 bits per heavy atom. The van der Waals surface area contributed by atoms with Gasteiger partial charge in [-0.15, -0.1) is 0 Å². The predicted molar refractivity (Wildman–Crippen MR) is 105 cm³/mol. The standard InChI is InChI=1S/C23H25NO/c1-18(2)21-13-11-19(12-14-21)16-24-22-9-6-10-23(15-22)25-17-20-7-4-3-5-8-20/h3-15,18,24H,16-17H2,1-2H3. The van der Waals surface area contributed by atoms with Gasteiger partial charge >= 0.3 is 0 Å². The molecule has 0 aliphatic carbocycles. The molecule has 25 heavy (non-hydrogen) atoms. The molecule has 0 aromatic heterocycles. The van der Waals surface area contributed by atoms with Gasteiger partial charge in [-0.2, -0.15) is 0 Å². The summed E-state index contributed by atoms with van der Waals surface area (Å²) in [6.07, 6.45) is 0. The van der Waals surface area contributed by atoms with Crippen molar-refractivity contribution in [2.45, 2.75) is 32.9 Å². The summed E-state index contributed by atoms with van der Waals surface area (Å²) in [5.41, 5.74) is 4.89. The minimum atomic E-state index is 0.570. The molecule has 0 bridgehead atoms. The van der Waals surface area contributed by atoms with Crippen LogP contribution >= 0.6 is 0 Å². The highest BCUT2D eigenvalue weighted by Gasteiger charge is 2.01. The molecule has 0 atom stereocenters. The number of benzene rings is 3. The van der Waals surface area contributed by atoms with Crippen LogP contribution in [0.3, 0.4) is 0 Å². The van der Waals surface area contributed by atoms with E-state index in [9.17, 15) is 0 Å². The first-order chi connectivity index (χ1) is 12.2. The van der Waals surface area contributed by atoms with Gasteiger partial charge in [-0.05, 0) is 34.7 Å². The van der Waals surface area contributed by atoms with Crippen LogP contribution in [0.15, 0.2) is 78.9 Å². The first kappa shape index (κ1) is 17.1. The number of rotatable bonds is 7. The van der Waals surface area contributed by atoms with E-state index in [0.29, 0.717) is 12.5 Å². The maximum Gasteiger partial charge on any atom is 0.121 e. The van der Waals surface area contributed by atoms with E-state index >= 15 is 0 Å². The highest BCUT2D eigenvalue weighted by atomic mass is 16.5. The first-order valence-electron chi connectivity index (χ1n) is 8.80. The van der Waals surface area contributed by atoms with Crippen LogP contribution in [-0.4, -0.2) is 0 Å². The van der Waals surface area contributed by atoms with Crippen molar-refractivity contribution < 1.29 is 4.74 Å². The van der Waals surface area contributed by atoms with Gasteiger partial charge in [0, 0.05) is 18.3 Å². The van der Waals surface area contributed by atoms with Crippen molar-refractivity contribution in [3.05, 3.63) is 95.6 Å². The summed E-state index contributed by atoms with van der Waals surface area (Å²) in [6.45, 7) is 5.82. The van der Waals surface area contributed by atoms with Crippen molar-refractivity contribution in [1.82, 2.24) is 0 Å². The minimum absolute atomic E-state index is 0.570. The van der Waals surface area contributed by atoms with E-state index in [1.165, 1.54) is 16.7 Å². The fourth-order valence-electron chi connectivity index (χ4n) is 2.66. The van der Waals surface area contributed by atoms with Crippen molar-refractivity contribution in [3.8, 4) is 5.75 Å². The van der Waals surface area contributed by atoms with E-state index in [1.807, 2.05) is 36.4 Å². The molecule has 0 heterocycles. The zero-order valence-electron chi connectivity index (χ0n) is 14.9. The van der Waals surface area contributed by atoms with Gasteiger partial charge in [0.15, 0.2) is 0 Å². The fraction of sp³-hybridized carbons (Fsp3) is 0.217. The maximum atomic E-state index is 5.89. The van der Waals surface area contributed by atoms with Gasteiger partial charge in [0.2, 0.25) is 0 Å². The van der Waals surface area contributed by atoms with Gasteiger partial charge in [0.25, 0.3) is 0 Å². The molecule has 0 radical (unpaired) electrons. The van der Waals surface area contributed by atoms with Crippen LogP contribution < -0.4 is 10.1 Å². The van der Waals surface area contributed by atoms with E-state index in [4.69, 9.17) is 4.74 Å². The average molecular weight is 331 g/mol. The smallest absolute Gasteiger partial charge is 0.121 e. The second kappa shape index (κ2) is 8.39. The summed E-state index contributed by atoms with van der Waals surface area (Å²) in [7, 11) is 0. The number of ether oxygens (including phenoxy) is 1. The summed E-state index contributed by atoms with van der Waals surface area (Å²) in [5, 5.41) is 3.47. The molecule has 2 nitrogen and oxygen atoms in total. The fourth-order valence-corrected chi connectivity index (χ4v) is 2.66. The molecule has 3 aromatic rings. The lowest BCUT2D eigenvalue weighted by atomic mass is 10.0. The quantitative estimate of drug-likeness (QED) is 0.573. The molecule has 0 spiro atoms. The molecule has 0 aliphatic rings. The third-order valence-electron chi connectivity index (χ3n) is 4.23. The molecule has 2 heteroatoms. The topological polar surface area (TPSA) is 21.3 Å². The molecular formula is C23H25NO. The summed E-state index contributed by atoms with van der Waals surface area (Å²) >= 11 is 0. The Kier molecular flexibility index (Phi) is 5.73. The minimum Gasteiger partial charge on any atom is -0.489 e.